The van der Waals surface area contributed by atoms with Crippen LogP contribution in [-0.2, 0) is 4.74 Å². The molecule has 3 rings (SSSR count). The van der Waals surface area contributed by atoms with Gasteiger partial charge in [-0.2, -0.15) is 0 Å². The van der Waals surface area contributed by atoms with E-state index in [0.29, 0.717) is 18.6 Å². The number of ether oxygens (including phenoxy) is 1. The van der Waals surface area contributed by atoms with Gasteiger partial charge in [0.2, 0.25) is 0 Å². The van der Waals surface area contributed by atoms with E-state index < -0.39 is 0 Å². The normalized spacial score (nSPS) is 32.9. The second kappa shape index (κ2) is 7.22. The number of hydrogen-bond acceptors (Lipinski definition) is 3. The van der Waals surface area contributed by atoms with E-state index in [0.717, 1.165) is 24.1 Å². The average Bonchev–Trinajstić information content (AvgIpc) is 2.46. The number of nitrogens with zero attached hydrogens (tertiary/aromatic N) is 1. The predicted molar refractivity (Wildman–Crippen MR) is 82.3 cm³/mol. The van der Waals surface area contributed by atoms with Gasteiger partial charge >= 0.3 is 0 Å². The molecule has 0 aromatic carbocycles. The van der Waals surface area contributed by atoms with Crippen molar-refractivity contribution in [3.8, 4) is 0 Å². The van der Waals surface area contributed by atoms with Gasteiger partial charge in [-0.05, 0) is 43.4 Å². The quantitative estimate of drug-likeness (QED) is 0.432. The van der Waals surface area contributed by atoms with E-state index in [1.807, 2.05) is 0 Å². The van der Waals surface area contributed by atoms with Crippen molar-refractivity contribution < 1.29 is 4.74 Å². The molecule has 3 saturated heterocycles. The summed E-state index contributed by atoms with van der Waals surface area (Å²) in [6.07, 6.45) is 4.73. The number of methoxy groups -OCH3 is 1. The Morgan fingerprint density at radius 3 is 3.00 bits per heavy atom. The zero-order valence-electron chi connectivity index (χ0n) is 11.7. The third-order valence-corrected chi connectivity index (χ3v) is 4.61. The van der Waals surface area contributed by atoms with Gasteiger partial charge in [-0.1, -0.05) is 6.08 Å². The summed E-state index contributed by atoms with van der Waals surface area (Å²) in [6, 6.07) is 0.622. The minimum absolute atomic E-state index is 0.622. The second-order valence-electron chi connectivity index (χ2n) is 5.46. The second-order valence-corrected chi connectivity index (χ2v) is 5.87. The first-order chi connectivity index (χ1) is 9.24. The molecule has 2 bridgehead atoms. The summed E-state index contributed by atoms with van der Waals surface area (Å²) < 4.78 is 4.98. The molecule has 3 aliphatic rings. The molecule has 0 aromatic rings. The highest BCUT2D eigenvalue weighted by Gasteiger charge is 2.38. The van der Waals surface area contributed by atoms with Gasteiger partial charge in [0.25, 0.3) is 0 Å². The number of thiocarbonyl (C=S) groups is 1. The summed E-state index contributed by atoms with van der Waals surface area (Å²) in [7, 11) is 1.69. The highest BCUT2D eigenvalue weighted by atomic mass is 32.1. The standard InChI is InChI=1S/C14H25N3OS/c1-3-11-10-17-6-4-12(11)8-13(17)9-16-14(19)15-5-7-18-2/h3,11-13H,1,4-10H2,2H3,(H2,15,16,19)/t11-,12-,13+/m0/s1. The van der Waals surface area contributed by atoms with E-state index in [4.69, 9.17) is 17.0 Å². The van der Waals surface area contributed by atoms with Crippen LogP contribution in [0.25, 0.3) is 0 Å². The summed E-state index contributed by atoms with van der Waals surface area (Å²) in [6.45, 7) is 8.74. The van der Waals surface area contributed by atoms with Crippen LogP contribution in [0.15, 0.2) is 12.7 Å². The van der Waals surface area contributed by atoms with Crippen LogP contribution in [0, 0.1) is 11.8 Å². The maximum atomic E-state index is 5.26. The van der Waals surface area contributed by atoms with Gasteiger partial charge in [-0.15, -0.1) is 6.58 Å². The zero-order chi connectivity index (χ0) is 13.7. The van der Waals surface area contributed by atoms with Crippen molar-refractivity contribution in [3.05, 3.63) is 12.7 Å². The number of hydrogen-bond donors (Lipinski definition) is 2. The van der Waals surface area contributed by atoms with Crippen LogP contribution in [0.1, 0.15) is 12.8 Å². The van der Waals surface area contributed by atoms with Gasteiger partial charge < -0.3 is 15.4 Å². The molecule has 4 atom stereocenters. The Kier molecular flexibility index (Phi) is 5.60. The molecule has 1 unspecified atom stereocenters. The molecule has 2 N–H and O–H groups in total. The van der Waals surface area contributed by atoms with E-state index in [-0.39, 0.29) is 0 Å². The van der Waals surface area contributed by atoms with Gasteiger partial charge in [0.15, 0.2) is 5.11 Å². The maximum Gasteiger partial charge on any atom is 0.166 e. The summed E-state index contributed by atoms with van der Waals surface area (Å²) in [4.78, 5) is 2.58. The van der Waals surface area contributed by atoms with E-state index in [1.54, 1.807) is 7.11 Å². The summed E-state index contributed by atoms with van der Waals surface area (Å²) >= 11 is 5.26. The van der Waals surface area contributed by atoms with Crippen molar-refractivity contribution in [3.63, 3.8) is 0 Å². The average molecular weight is 283 g/mol. The molecule has 3 heterocycles. The first-order valence-electron chi connectivity index (χ1n) is 7.11. The van der Waals surface area contributed by atoms with E-state index >= 15 is 0 Å². The van der Waals surface area contributed by atoms with E-state index in [9.17, 15) is 0 Å². The van der Waals surface area contributed by atoms with Gasteiger partial charge in [0.05, 0.1) is 6.61 Å². The highest BCUT2D eigenvalue weighted by molar-refractivity contribution is 7.80. The molecule has 0 aliphatic carbocycles. The smallest absolute Gasteiger partial charge is 0.166 e. The van der Waals surface area contributed by atoms with Crippen LogP contribution in [0.2, 0.25) is 0 Å². The Morgan fingerprint density at radius 1 is 1.53 bits per heavy atom. The fraction of sp³-hybridized carbons (Fsp3) is 0.786. The summed E-state index contributed by atoms with van der Waals surface area (Å²) in [5.41, 5.74) is 0. The van der Waals surface area contributed by atoms with E-state index in [1.165, 1.54) is 25.9 Å². The minimum atomic E-state index is 0.622. The number of nitrogens with one attached hydrogen (secondary N) is 2. The largest absolute Gasteiger partial charge is 0.383 e. The molecular weight excluding hydrogens is 258 g/mol. The maximum absolute atomic E-state index is 5.26. The zero-order valence-corrected chi connectivity index (χ0v) is 12.5. The van der Waals surface area contributed by atoms with Gasteiger partial charge in [-0.25, -0.2) is 0 Å². The van der Waals surface area contributed by atoms with Crippen molar-refractivity contribution in [2.75, 3.05) is 39.9 Å². The molecule has 0 radical (unpaired) electrons. The summed E-state index contributed by atoms with van der Waals surface area (Å²) in [5.74, 6) is 1.51. The Balaban J connectivity index is 1.70. The fourth-order valence-electron chi connectivity index (χ4n) is 3.20. The molecular formula is C14H25N3OS. The molecule has 0 amide bonds. The van der Waals surface area contributed by atoms with Gasteiger partial charge in [0, 0.05) is 32.8 Å². The molecule has 3 aliphatic heterocycles. The Hall–Kier alpha value is -0.650. The molecule has 3 fully saturated rings. The third-order valence-electron chi connectivity index (χ3n) is 4.32. The number of rotatable bonds is 6. The Labute approximate surface area is 121 Å². The van der Waals surface area contributed by atoms with E-state index in [2.05, 4.69) is 28.2 Å². The van der Waals surface area contributed by atoms with Crippen LogP contribution < -0.4 is 10.6 Å². The van der Waals surface area contributed by atoms with Crippen molar-refractivity contribution in [1.82, 2.24) is 15.5 Å². The van der Waals surface area contributed by atoms with Crippen LogP contribution in [-0.4, -0.2) is 55.9 Å². The number of piperidine rings is 3. The number of fused-ring (bicyclic) bond motifs is 3. The van der Waals surface area contributed by atoms with Gasteiger partial charge in [-0.3, -0.25) is 4.90 Å². The lowest BCUT2D eigenvalue weighted by Gasteiger charge is -2.49. The predicted octanol–water partition coefficient (Wildman–Crippen LogP) is 0.993. The lowest BCUT2D eigenvalue weighted by molar-refractivity contribution is 0.0215. The molecule has 19 heavy (non-hydrogen) atoms. The van der Waals surface area contributed by atoms with Crippen molar-refractivity contribution in [2.24, 2.45) is 11.8 Å². The molecule has 0 aromatic heterocycles. The molecule has 108 valence electrons. The first-order valence-corrected chi connectivity index (χ1v) is 7.52. The van der Waals surface area contributed by atoms with Crippen molar-refractivity contribution in [1.29, 1.82) is 0 Å². The topological polar surface area (TPSA) is 36.5 Å². The van der Waals surface area contributed by atoms with Crippen LogP contribution >= 0.6 is 12.2 Å². The molecule has 0 spiro atoms. The highest BCUT2D eigenvalue weighted by Crippen LogP contribution is 2.36. The van der Waals surface area contributed by atoms with Crippen LogP contribution in [0.3, 0.4) is 0 Å². The molecule has 5 heteroatoms. The third kappa shape index (κ3) is 3.91. The van der Waals surface area contributed by atoms with Crippen molar-refractivity contribution >= 4 is 17.3 Å². The minimum Gasteiger partial charge on any atom is -0.383 e. The monoisotopic (exact) mass is 283 g/mol. The Morgan fingerprint density at radius 2 is 2.37 bits per heavy atom. The van der Waals surface area contributed by atoms with Crippen LogP contribution in [0.4, 0.5) is 0 Å². The fourth-order valence-corrected chi connectivity index (χ4v) is 3.38. The Bertz CT molecular complexity index is 324. The molecule has 0 saturated carbocycles. The van der Waals surface area contributed by atoms with Gasteiger partial charge in [0.1, 0.15) is 0 Å². The van der Waals surface area contributed by atoms with Crippen LogP contribution in [0.5, 0.6) is 0 Å². The molecule has 4 nitrogen and oxygen atoms in total. The summed E-state index contributed by atoms with van der Waals surface area (Å²) in [5, 5.41) is 7.21. The first kappa shape index (κ1) is 14.8. The lowest BCUT2D eigenvalue weighted by atomic mass is 9.76. The SMILES string of the molecule is C=C[C@H]1CN2CC[C@H]1C[C@@H]2CNC(=S)NCCOC. The van der Waals surface area contributed by atoms with Crippen molar-refractivity contribution in [2.45, 2.75) is 18.9 Å². The lowest BCUT2D eigenvalue weighted by Crippen LogP contribution is -2.57.